The van der Waals surface area contributed by atoms with Gasteiger partial charge >= 0.3 is 0 Å². The molecule has 0 aliphatic carbocycles. The summed E-state index contributed by atoms with van der Waals surface area (Å²) in [5, 5.41) is 3.08. The van der Waals surface area contributed by atoms with Crippen LogP contribution in [0.3, 0.4) is 0 Å². The molecule has 0 spiro atoms. The van der Waals surface area contributed by atoms with Crippen molar-refractivity contribution >= 4 is 11.6 Å². The number of aliphatic imine (C=N–C) groups is 1. The van der Waals surface area contributed by atoms with Gasteiger partial charge in [-0.15, -0.1) is 0 Å². The molecule has 0 fully saturated rings. The predicted octanol–water partition coefficient (Wildman–Crippen LogP) is 2.38. The van der Waals surface area contributed by atoms with Crippen LogP contribution in [0, 0.1) is 0 Å². The molecule has 0 bridgehead atoms. The Bertz CT molecular complexity index is 342. The van der Waals surface area contributed by atoms with E-state index in [0.29, 0.717) is 5.96 Å². The van der Waals surface area contributed by atoms with Crippen LogP contribution >= 0.6 is 0 Å². The lowest BCUT2D eigenvalue weighted by molar-refractivity contribution is 0.833. The molecular formula is C12H19N3. The lowest BCUT2D eigenvalue weighted by Crippen LogP contribution is -2.23. The Labute approximate surface area is 91.4 Å². The largest absolute Gasteiger partial charge is 0.370 e. The van der Waals surface area contributed by atoms with Crippen molar-refractivity contribution in [2.75, 3.05) is 5.32 Å². The molecule has 3 N–H and O–H groups in total. The molecule has 0 saturated carbocycles. The van der Waals surface area contributed by atoms with E-state index in [4.69, 9.17) is 5.73 Å². The third-order valence-electron chi connectivity index (χ3n) is 2.00. The summed E-state index contributed by atoms with van der Waals surface area (Å²) in [5.41, 5.74) is 8.02. The third kappa shape index (κ3) is 4.02. The second-order valence-electron chi connectivity index (χ2n) is 3.79. The number of nitrogens with one attached hydrogen (secondary N) is 1. The topological polar surface area (TPSA) is 50.4 Å². The first-order chi connectivity index (χ1) is 7.11. The monoisotopic (exact) mass is 205 g/mol. The van der Waals surface area contributed by atoms with Crippen LogP contribution < -0.4 is 11.1 Å². The highest BCUT2D eigenvalue weighted by molar-refractivity contribution is 5.92. The van der Waals surface area contributed by atoms with Crippen LogP contribution in [0.25, 0.3) is 0 Å². The van der Waals surface area contributed by atoms with Crippen molar-refractivity contribution in [3.8, 4) is 0 Å². The molecular weight excluding hydrogens is 186 g/mol. The number of hydrogen-bond donors (Lipinski definition) is 2. The van der Waals surface area contributed by atoms with Gasteiger partial charge in [0.05, 0.1) is 0 Å². The first-order valence-electron chi connectivity index (χ1n) is 5.31. The molecule has 3 nitrogen and oxygen atoms in total. The number of anilines is 1. The van der Waals surface area contributed by atoms with Crippen molar-refractivity contribution in [2.45, 2.75) is 33.2 Å². The molecule has 0 aliphatic heterocycles. The van der Waals surface area contributed by atoms with Crippen LogP contribution in [0.1, 0.15) is 26.3 Å². The minimum Gasteiger partial charge on any atom is -0.370 e. The lowest BCUT2D eigenvalue weighted by atomic mass is 10.1. The average Bonchev–Trinajstić information content (AvgIpc) is 2.16. The Hall–Kier alpha value is -1.51. The van der Waals surface area contributed by atoms with Crippen LogP contribution in [0.5, 0.6) is 0 Å². The van der Waals surface area contributed by atoms with Gasteiger partial charge in [-0.1, -0.05) is 19.1 Å². The maximum Gasteiger partial charge on any atom is 0.193 e. The zero-order valence-corrected chi connectivity index (χ0v) is 9.62. The minimum absolute atomic E-state index is 0.215. The van der Waals surface area contributed by atoms with Gasteiger partial charge in [0.1, 0.15) is 0 Å². The molecule has 0 radical (unpaired) electrons. The summed E-state index contributed by atoms with van der Waals surface area (Å²) in [6, 6.07) is 8.40. The van der Waals surface area contributed by atoms with Gasteiger partial charge in [-0.2, -0.15) is 0 Å². The van der Waals surface area contributed by atoms with Gasteiger partial charge in [-0.25, -0.2) is 0 Å². The van der Waals surface area contributed by atoms with Gasteiger partial charge in [0.2, 0.25) is 0 Å². The van der Waals surface area contributed by atoms with Crippen LogP contribution in [0.4, 0.5) is 5.69 Å². The Kier molecular flexibility index (Phi) is 4.16. The van der Waals surface area contributed by atoms with Crippen molar-refractivity contribution in [3.05, 3.63) is 29.8 Å². The summed E-state index contributed by atoms with van der Waals surface area (Å²) in [5.74, 6) is 0.471. The second-order valence-corrected chi connectivity index (χ2v) is 3.79. The highest BCUT2D eigenvalue weighted by Crippen LogP contribution is 2.10. The number of nitrogens with zero attached hydrogens (tertiary/aromatic N) is 1. The van der Waals surface area contributed by atoms with E-state index in [1.54, 1.807) is 0 Å². The normalized spacial score (nSPS) is 11.9. The van der Waals surface area contributed by atoms with Crippen LogP contribution in [-0.4, -0.2) is 12.0 Å². The predicted molar refractivity (Wildman–Crippen MR) is 66.2 cm³/mol. The molecule has 3 heteroatoms. The molecule has 0 heterocycles. The van der Waals surface area contributed by atoms with Crippen LogP contribution in [-0.2, 0) is 6.42 Å². The summed E-state index contributed by atoms with van der Waals surface area (Å²) in [4.78, 5) is 4.21. The highest BCUT2D eigenvalue weighted by atomic mass is 15.1. The fourth-order valence-electron chi connectivity index (χ4n) is 1.33. The second kappa shape index (κ2) is 5.39. The van der Waals surface area contributed by atoms with E-state index < -0.39 is 0 Å². The average molecular weight is 205 g/mol. The third-order valence-corrected chi connectivity index (χ3v) is 2.00. The van der Waals surface area contributed by atoms with E-state index >= 15 is 0 Å². The van der Waals surface area contributed by atoms with Crippen molar-refractivity contribution < 1.29 is 0 Å². The maximum atomic E-state index is 5.74. The van der Waals surface area contributed by atoms with E-state index in [1.807, 2.05) is 26.0 Å². The summed E-state index contributed by atoms with van der Waals surface area (Å²) in [6.45, 7) is 6.12. The lowest BCUT2D eigenvalue weighted by Gasteiger charge is -2.07. The molecule has 0 unspecified atom stereocenters. The number of aryl methyl sites for hydroxylation is 1. The van der Waals surface area contributed by atoms with Crippen LogP contribution in [0.2, 0.25) is 0 Å². The number of nitrogens with two attached hydrogens (primary N) is 1. The van der Waals surface area contributed by atoms with E-state index in [1.165, 1.54) is 5.56 Å². The number of hydrogen-bond acceptors (Lipinski definition) is 1. The standard InChI is InChI=1S/C12H19N3/c1-4-10-6-5-7-11(8-10)15-12(13)14-9(2)3/h5-9H,4H2,1-3H3,(H3,13,14,15). The van der Waals surface area contributed by atoms with E-state index in [-0.39, 0.29) is 6.04 Å². The Morgan fingerprint density at radius 2 is 2.20 bits per heavy atom. The molecule has 0 atom stereocenters. The van der Waals surface area contributed by atoms with Gasteiger partial charge in [0, 0.05) is 11.7 Å². The number of rotatable bonds is 3. The maximum absolute atomic E-state index is 5.74. The summed E-state index contributed by atoms with van der Waals surface area (Å²) < 4.78 is 0. The molecule has 0 aliphatic rings. The Morgan fingerprint density at radius 1 is 1.47 bits per heavy atom. The quantitative estimate of drug-likeness (QED) is 0.588. The van der Waals surface area contributed by atoms with Crippen molar-refractivity contribution in [2.24, 2.45) is 10.7 Å². The number of benzene rings is 1. The molecule has 1 aromatic rings. The molecule has 0 saturated heterocycles. The summed E-state index contributed by atoms with van der Waals surface area (Å²) in [7, 11) is 0. The fourth-order valence-corrected chi connectivity index (χ4v) is 1.33. The molecule has 0 aromatic heterocycles. The van der Waals surface area contributed by atoms with Gasteiger partial charge < -0.3 is 11.1 Å². The molecule has 82 valence electrons. The molecule has 1 aromatic carbocycles. The van der Waals surface area contributed by atoms with E-state index in [2.05, 4.69) is 29.4 Å². The van der Waals surface area contributed by atoms with E-state index in [0.717, 1.165) is 12.1 Å². The smallest absolute Gasteiger partial charge is 0.193 e. The Morgan fingerprint density at radius 3 is 2.80 bits per heavy atom. The minimum atomic E-state index is 0.215. The van der Waals surface area contributed by atoms with Crippen LogP contribution in [0.15, 0.2) is 29.3 Å². The van der Waals surface area contributed by atoms with Gasteiger partial charge in [0.15, 0.2) is 5.96 Å². The molecule has 1 rings (SSSR count). The molecule has 0 amide bonds. The summed E-state index contributed by atoms with van der Waals surface area (Å²) in [6.07, 6.45) is 1.02. The Balaban J connectivity index is 2.72. The first-order valence-corrected chi connectivity index (χ1v) is 5.31. The van der Waals surface area contributed by atoms with Crippen molar-refractivity contribution in [1.82, 2.24) is 0 Å². The highest BCUT2D eigenvalue weighted by Gasteiger charge is 1.97. The molecule has 15 heavy (non-hydrogen) atoms. The fraction of sp³-hybridized carbons (Fsp3) is 0.417. The van der Waals surface area contributed by atoms with Gasteiger partial charge in [-0.3, -0.25) is 4.99 Å². The first kappa shape index (κ1) is 11.6. The SMILES string of the molecule is CCc1cccc(NC(N)=NC(C)C)c1. The summed E-state index contributed by atoms with van der Waals surface area (Å²) >= 11 is 0. The zero-order valence-electron chi connectivity index (χ0n) is 9.62. The van der Waals surface area contributed by atoms with E-state index in [9.17, 15) is 0 Å². The van der Waals surface area contributed by atoms with Gasteiger partial charge in [0.25, 0.3) is 0 Å². The van der Waals surface area contributed by atoms with Crippen molar-refractivity contribution in [3.63, 3.8) is 0 Å². The van der Waals surface area contributed by atoms with Gasteiger partial charge in [-0.05, 0) is 38.0 Å². The zero-order chi connectivity index (χ0) is 11.3. The van der Waals surface area contributed by atoms with Crippen molar-refractivity contribution in [1.29, 1.82) is 0 Å². The number of guanidine groups is 1.